The maximum absolute atomic E-state index is 11.5. The summed E-state index contributed by atoms with van der Waals surface area (Å²) in [7, 11) is 0. The number of hydrogen-bond acceptors (Lipinski definition) is 4. The molecule has 2 unspecified atom stereocenters. The third-order valence-electron chi connectivity index (χ3n) is 4.98. The maximum atomic E-state index is 11.5. The normalized spacial score (nSPS) is 19.7. The van der Waals surface area contributed by atoms with Gasteiger partial charge in [0.15, 0.2) is 5.82 Å². The van der Waals surface area contributed by atoms with E-state index in [0.717, 1.165) is 29.1 Å². The molecule has 1 aliphatic rings. The molecule has 3 N–H and O–H groups in total. The van der Waals surface area contributed by atoms with E-state index in [2.05, 4.69) is 19.9 Å². The summed E-state index contributed by atoms with van der Waals surface area (Å²) in [4.78, 5) is 29.9. The molecule has 1 aliphatic heterocycles. The monoisotopic (exact) mass is 348 g/mol. The van der Waals surface area contributed by atoms with Crippen LogP contribution in [0.2, 0.25) is 0 Å². The van der Waals surface area contributed by atoms with Crippen LogP contribution in [0.15, 0.2) is 48.9 Å². The van der Waals surface area contributed by atoms with Crippen LogP contribution in [0.25, 0.3) is 22.6 Å². The van der Waals surface area contributed by atoms with Crippen molar-refractivity contribution in [2.24, 2.45) is 5.73 Å². The SMILES string of the molecule is CC1C(c2ncc(-c3cnc(-c4ccccc4)nc3)[nH]2)CCN1C(N)=O. The van der Waals surface area contributed by atoms with Crippen LogP contribution in [0, 0.1) is 0 Å². The van der Waals surface area contributed by atoms with E-state index >= 15 is 0 Å². The fraction of sp³-hybridized carbons (Fsp3) is 0.263. The number of carbonyl (C=O) groups excluding carboxylic acids is 1. The summed E-state index contributed by atoms with van der Waals surface area (Å²) in [6.45, 7) is 2.66. The Bertz CT molecular complexity index is 905. The third kappa shape index (κ3) is 2.92. The second kappa shape index (κ2) is 6.59. The number of benzene rings is 1. The summed E-state index contributed by atoms with van der Waals surface area (Å²) in [5.41, 5.74) is 8.15. The number of likely N-dealkylation sites (tertiary alicyclic amines) is 1. The zero-order valence-corrected chi connectivity index (χ0v) is 14.5. The zero-order valence-electron chi connectivity index (χ0n) is 14.5. The van der Waals surface area contributed by atoms with E-state index in [1.54, 1.807) is 23.5 Å². The molecule has 0 bridgehead atoms. The van der Waals surface area contributed by atoms with E-state index < -0.39 is 0 Å². The molecule has 0 radical (unpaired) electrons. The van der Waals surface area contributed by atoms with Crippen LogP contribution in [0.1, 0.15) is 25.1 Å². The summed E-state index contributed by atoms with van der Waals surface area (Å²) in [5, 5.41) is 0. The summed E-state index contributed by atoms with van der Waals surface area (Å²) >= 11 is 0. The Balaban J connectivity index is 1.54. The van der Waals surface area contributed by atoms with Crippen molar-refractivity contribution in [3.8, 4) is 22.6 Å². The van der Waals surface area contributed by atoms with Crippen molar-refractivity contribution < 1.29 is 4.79 Å². The van der Waals surface area contributed by atoms with Gasteiger partial charge in [0.05, 0.1) is 11.9 Å². The van der Waals surface area contributed by atoms with Crippen LogP contribution in [0.4, 0.5) is 4.79 Å². The molecule has 2 atom stereocenters. The predicted octanol–water partition coefficient (Wildman–Crippen LogP) is 2.79. The second-order valence-corrected chi connectivity index (χ2v) is 6.51. The van der Waals surface area contributed by atoms with E-state index in [9.17, 15) is 4.79 Å². The van der Waals surface area contributed by atoms with E-state index in [1.165, 1.54) is 0 Å². The predicted molar refractivity (Wildman–Crippen MR) is 98.2 cm³/mol. The maximum Gasteiger partial charge on any atom is 0.315 e. The molecule has 4 rings (SSSR count). The zero-order chi connectivity index (χ0) is 18.1. The largest absolute Gasteiger partial charge is 0.351 e. The van der Waals surface area contributed by atoms with Crippen molar-refractivity contribution in [2.75, 3.05) is 6.54 Å². The first kappa shape index (κ1) is 16.3. The minimum absolute atomic E-state index is 0.0307. The van der Waals surface area contributed by atoms with Gasteiger partial charge in [0.25, 0.3) is 0 Å². The Morgan fingerprint density at radius 2 is 1.85 bits per heavy atom. The smallest absolute Gasteiger partial charge is 0.315 e. The van der Waals surface area contributed by atoms with Crippen LogP contribution >= 0.6 is 0 Å². The molecule has 1 fully saturated rings. The van der Waals surface area contributed by atoms with Gasteiger partial charge in [0, 0.05) is 42.0 Å². The molecule has 132 valence electrons. The molecule has 0 saturated carbocycles. The number of urea groups is 1. The van der Waals surface area contributed by atoms with Gasteiger partial charge in [-0.25, -0.2) is 19.7 Å². The molecule has 7 heteroatoms. The molecule has 2 amide bonds. The molecule has 3 heterocycles. The average Bonchev–Trinajstić information content (AvgIpc) is 3.29. The van der Waals surface area contributed by atoms with Gasteiger partial charge in [-0.3, -0.25) is 0 Å². The molecule has 2 aromatic heterocycles. The van der Waals surface area contributed by atoms with Gasteiger partial charge in [-0.15, -0.1) is 0 Å². The lowest BCUT2D eigenvalue weighted by molar-refractivity contribution is 0.203. The Hall–Kier alpha value is -3.22. The molecule has 3 aromatic rings. The van der Waals surface area contributed by atoms with E-state index in [0.29, 0.717) is 12.4 Å². The van der Waals surface area contributed by atoms with Crippen molar-refractivity contribution in [2.45, 2.75) is 25.3 Å². The Morgan fingerprint density at radius 3 is 2.50 bits per heavy atom. The summed E-state index contributed by atoms with van der Waals surface area (Å²) in [6.07, 6.45) is 6.22. The van der Waals surface area contributed by atoms with Gasteiger partial charge in [-0.05, 0) is 13.3 Å². The van der Waals surface area contributed by atoms with Gasteiger partial charge < -0.3 is 15.6 Å². The van der Waals surface area contributed by atoms with E-state index in [1.807, 2.05) is 37.3 Å². The number of rotatable bonds is 3. The Morgan fingerprint density at radius 1 is 1.12 bits per heavy atom. The number of nitrogens with one attached hydrogen (secondary N) is 1. The summed E-state index contributed by atoms with van der Waals surface area (Å²) in [6, 6.07) is 9.51. The highest BCUT2D eigenvalue weighted by atomic mass is 16.2. The molecule has 7 nitrogen and oxygen atoms in total. The van der Waals surface area contributed by atoms with E-state index in [-0.39, 0.29) is 18.0 Å². The standard InChI is InChI=1S/C19H20N6O/c1-12-15(7-8-25(12)19(20)26)18-23-11-16(24-18)14-9-21-17(22-10-14)13-5-3-2-4-6-13/h2-6,9-12,15H,7-8H2,1H3,(H2,20,26)(H,23,24). The molecule has 0 spiro atoms. The van der Waals surface area contributed by atoms with Gasteiger partial charge in [-0.2, -0.15) is 0 Å². The summed E-state index contributed by atoms with van der Waals surface area (Å²) in [5.74, 6) is 1.71. The Labute approximate surface area is 151 Å². The van der Waals surface area contributed by atoms with Crippen LogP contribution in [-0.2, 0) is 0 Å². The molecule has 0 aliphatic carbocycles. The number of aromatic amines is 1. The van der Waals surface area contributed by atoms with Crippen molar-refractivity contribution in [3.05, 3.63) is 54.7 Å². The highest BCUT2D eigenvalue weighted by Gasteiger charge is 2.35. The summed E-state index contributed by atoms with van der Waals surface area (Å²) < 4.78 is 0. The highest BCUT2D eigenvalue weighted by molar-refractivity contribution is 5.73. The number of imidazole rings is 1. The minimum Gasteiger partial charge on any atom is -0.351 e. The van der Waals surface area contributed by atoms with Gasteiger partial charge in [0.1, 0.15) is 5.82 Å². The lowest BCUT2D eigenvalue weighted by atomic mass is 10.0. The van der Waals surface area contributed by atoms with Crippen molar-refractivity contribution in [1.82, 2.24) is 24.8 Å². The first-order valence-corrected chi connectivity index (χ1v) is 8.62. The fourth-order valence-electron chi connectivity index (χ4n) is 3.49. The molecule has 1 saturated heterocycles. The lowest BCUT2D eigenvalue weighted by Crippen LogP contribution is -2.39. The number of nitrogens with zero attached hydrogens (tertiary/aromatic N) is 4. The number of H-pyrrole nitrogens is 1. The first-order chi connectivity index (χ1) is 12.6. The van der Waals surface area contributed by atoms with Crippen LogP contribution < -0.4 is 5.73 Å². The van der Waals surface area contributed by atoms with Crippen LogP contribution in [0.5, 0.6) is 0 Å². The molecule has 1 aromatic carbocycles. The van der Waals surface area contributed by atoms with Gasteiger partial charge >= 0.3 is 6.03 Å². The minimum atomic E-state index is -0.378. The number of amides is 2. The lowest BCUT2D eigenvalue weighted by Gasteiger charge is -2.21. The number of hydrogen-bond donors (Lipinski definition) is 2. The number of nitrogens with two attached hydrogens (primary N) is 1. The molecular formula is C19H20N6O. The van der Waals surface area contributed by atoms with Crippen LogP contribution in [-0.4, -0.2) is 43.5 Å². The van der Waals surface area contributed by atoms with Gasteiger partial charge in [-0.1, -0.05) is 30.3 Å². The third-order valence-corrected chi connectivity index (χ3v) is 4.98. The van der Waals surface area contributed by atoms with Crippen molar-refractivity contribution in [3.63, 3.8) is 0 Å². The second-order valence-electron chi connectivity index (χ2n) is 6.51. The van der Waals surface area contributed by atoms with Crippen LogP contribution in [0.3, 0.4) is 0 Å². The number of primary amides is 1. The van der Waals surface area contributed by atoms with Gasteiger partial charge in [0.2, 0.25) is 0 Å². The number of carbonyl (C=O) groups is 1. The highest BCUT2D eigenvalue weighted by Crippen LogP contribution is 2.32. The molecular weight excluding hydrogens is 328 g/mol. The average molecular weight is 348 g/mol. The van der Waals surface area contributed by atoms with Crippen molar-refractivity contribution in [1.29, 1.82) is 0 Å². The topological polar surface area (TPSA) is 101 Å². The Kier molecular flexibility index (Phi) is 4.12. The molecule has 26 heavy (non-hydrogen) atoms. The quantitative estimate of drug-likeness (QED) is 0.760. The first-order valence-electron chi connectivity index (χ1n) is 8.62. The van der Waals surface area contributed by atoms with E-state index in [4.69, 9.17) is 5.73 Å². The fourth-order valence-corrected chi connectivity index (χ4v) is 3.49. The number of aromatic nitrogens is 4. The van der Waals surface area contributed by atoms with Crippen molar-refractivity contribution >= 4 is 6.03 Å².